The molecule has 0 aliphatic rings. The zero-order chi connectivity index (χ0) is 19.4. The summed E-state index contributed by atoms with van der Waals surface area (Å²) in [5, 5.41) is 0.894. The molecule has 0 bridgehead atoms. The van der Waals surface area contributed by atoms with Gasteiger partial charge in [0, 0.05) is 31.5 Å². The molecule has 0 fully saturated rings. The number of benzene rings is 1. The third-order valence-corrected chi connectivity index (χ3v) is 5.01. The molecule has 0 saturated carbocycles. The van der Waals surface area contributed by atoms with Crippen LogP contribution < -0.4 is 0 Å². The summed E-state index contributed by atoms with van der Waals surface area (Å²) in [6.45, 7) is 6.62. The lowest BCUT2D eigenvalue weighted by atomic mass is 10.2. The smallest absolute Gasteiger partial charge is 0.340 e. The van der Waals surface area contributed by atoms with E-state index >= 15 is 0 Å². The van der Waals surface area contributed by atoms with E-state index in [0.717, 1.165) is 23.5 Å². The second kappa shape index (κ2) is 8.60. The highest BCUT2D eigenvalue weighted by atomic mass is 35.5. The van der Waals surface area contributed by atoms with E-state index in [9.17, 15) is 9.59 Å². The molecule has 0 unspecified atom stereocenters. The van der Waals surface area contributed by atoms with Gasteiger partial charge in [-0.2, -0.15) is 0 Å². The second-order valence-electron chi connectivity index (χ2n) is 6.10. The van der Waals surface area contributed by atoms with Crippen molar-refractivity contribution in [2.24, 2.45) is 0 Å². The van der Waals surface area contributed by atoms with Gasteiger partial charge in [-0.15, -0.1) is 0 Å². The molecule has 1 aromatic carbocycles. The molecule has 0 aliphatic heterocycles. The molecule has 5 nitrogen and oxygen atoms in total. The number of rotatable bonds is 6. The first kappa shape index (κ1) is 20.3. The molecule has 0 saturated heterocycles. The molecule has 7 heteroatoms. The lowest BCUT2D eigenvalue weighted by molar-refractivity contribution is -0.133. The fraction of sp³-hybridized carbons (Fsp3) is 0.368. The molecule has 0 spiro atoms. The van der Waals surface area contributed by atoms with Gasteiger partial charge in [0.05, 0.1) is 15.6 Å². The Morgan fingerprint density at radius 3 is 2.42 bits per heavy atom. The molecule has 2 rings (SSSR count). The molecule has 26 heavy (non-hydrogen) atoms. The fourth-order valence-corrected chi connectivity index (χ4v) is 3.13. The van der Waals surface area contributed by atoms with Crippen LogP contribution in [-0.4, -0.2) is 35.0 Å². The third-order valence-electron chi connectivity index (χ3n) is 4.27. The van der Waals surface area contributed by atoms with Gasteiger partial charge in [0.2, 0.25) is 0 Å². The number of aryl methyl sites for hydroxylation is 1. The van der Waals surface area contributed by atoms with Crippen LogP contribution in [0.3, 0.4) is 0 Å². The van der Waals surface area contributed by atoms with Gasteiger partial charge in [0.1, 0.15) is 0 Å². The van der Waals surface area contributed by atoms with Crippen molar-refractivity contribution in [2.45, 2.75) is 33.9 Å². The van der Waals surface area contributed by atoms with Crippen LogP contribution in [0.1, 0.15) is 34.2 Å². The molecular weight excluding hydrogens is 375 g/mol. The van der Waals surface area contributed by atoms with Gasteiger partial charge in [-0.1, -0.05) is 29.3 Å². The van der Waals surface area contributed by atoms with Gasteiger partial charge < -0.3 is 14.2 Å². The number of carbonyl (C=O) groups is 2. The first-order valence-corrected chi connectivity index (χ1v) is 9.02. The summed E-state index contributed by atoms with van der Waals surface area (Å²) in [4.78, 5) is 26.0. The SMILES string of the molecule is CCn1c(C)cc(C(=O)OCC(=O)N(C)Cc2ccc(Cl)c(Cl)c2)c1C. The summed E-state index contributed by atoms with van der Waals surface area (Å²) in [6.07, 6.45) is 0. The average molecular weight is 397 g/mol. The number of likely N-dealkylation sites (N-methyl/N-ethyl adjacent to an activating group) is 1. The summed E-state index contributed by atoms with van der Waals surface area (Å²) in [5.74, 6) is -0.789. The van der Waals surface area contributed by atoms with Crippen LogP contribution in [0.25, 0.3) is 0 Å². The van der Waals surface area contributed by atoms with Gasteiger partial charge in [0.25, 0.3) is 5.91 Å². The highest BCUT2D eigenvalue weighted by Crippen LogP contribution is 2.23. The minimum atomic E-state index is -0.492. The van der Waals surface area contributed by atoms with Crippen molar-refractivity contribution in [1.82, 2.24) is 9.47 Å². The average Bonchev–Trinajstić information content (AvgIpc) is 2.89. The van der Waals surface area contributed by atoms with Crippen LogP contribution in [0.2, 0.25) is 10.0 Å². The summed E-state index contributed by atoms with van der Waals surface area (Å²) >= 11 is 11.9. The van der Waals surface area contributed by atoms with Gasteiger partial charge >= 0.3 is 5.97 Å². The molecule has 0 N–H and O–H groups in total. The van der Waals surface area contributed by atoms with E-state index in [2.05, 4.69) is 0 Å². The normalized spacial score (nSPS) is 10.7. The largest absolute Gasteiger partial charge is 0.452 e. The lowest BCUT2D eigenvalue weighted by Crippen LogP contribution is -2.30. The van der Waals surface area contributed by atoms with E-state index in [1.54, 1.807) is 31.3 Å². The van der Waals surface area contributed by atoms with Crippen LogP contribution in [-0.2, 0) is 22.6 Å². The van der Waals surface area contributed by atoms with Gasteiger partial charge in [-0.25, -0.2) is 4.79 Å². The van der Waals surface area contributed by atoms with Crippen LogP contribution in [0, 0.1) is 13.8 Å². The topological polar surface area (TPSA) is 51.5 Å². The number of halogens is 2. The Bertz CT molecular complexity index is 830. The van der Waals surface area contributed by atoms with Gasteiger partial charge in [-0.05, 0) is 44.5 Å². The Morgan fingerprint density at radius 1 is 1.15 bits per heavy atom. The van der Waals surface area contributed by atoms with Gasteiger partial charge in [0.15, 0.2) is 6.61 Å². The van der Waals surface area contributed by atoms with Crippen LogP contribution in [0.15, 0.2) is 24.3 Å². The van der Waals surface area contributed by atoms with Gasteiger partial charge in [-0.3, -0.25) is 4.79 Å². The Kier molecular flexibility index (Phi) is 6.73. The maximum Gasteiger partial charge on any atom is 0.340 e. The summed E-state index contributed by atoms with van der Waals surface area (Å²) in [7, 11) is 1.64. The zero-order valence-corrected chi connectivity index (χ0v) is 16.8. The number of hydrogen-bond acceptors (Lipinski definition) is 3. The molecule has 1 amide bonds. The number of hydrogen-bond donors (Lipinski definition) is 0. The molecule has 0 radical (unpaired) electrons. The second-order valence-corrected chi connectivity index (χ2v) is 6.92. The first-order valence-electron chi connectivity index (χ1n) is 8.26. The predicted molar refractivity (Wildman–Crippen MR) is 103 cm³/mol. The third kappa shape index (κ3) is 4.59. The quantitative estimate of drug-likeness (QED) is 0.685. The van der Waals surface area contributed by atoms with Crippen molar-refractivity contribution in [1.29, 1.82) is 0 Å². The van der Waals surface area contributed by atoms with E-state index in [-0.39, 0.29) is 12.5 Å². The van der Waals surface area contributed by atoms with Crippen LogP contribution >= 0.6 is 23.2 Å². The number of carbonyl (C=O) groups excluding carboxylic acids is 2. The summed E-state index contributed by atoms with van der Waals surface area (Å²) in [5.41, 5.74) is 3.16. The first-order chi connectivity index (χ1) is 12.2. The van der Waals surface area contributed by atoms with Crippen molar-refractivity contribution in [3.05, 3.63) is 56.8 Å². The number of ether oxygens (including phenoxy) is 1. The monoisotopic (exact) mass is 396 g/mol. The van der Waals surface area contributed by atoms with Crippen LogP contribution in [0.5, 0.6) is 0 Å². The van der Waals surface area contributed by atoms with Crippen LogP contribution in [0.4, 0.5) is 0 Å². The molecule has 1 aromatic heterocycles. The lowest BCUT2D eigenvalue weighted by Gasteiger charge is -2.17. The predicted octanol–water partition coefficient (Wildman–Crippen LogP) is 4.25. The summed E-state index contributed by atoms with van der Waals surface area (Å²) < 4.78 is 7.22. The Labute approximate surface area is 163 Å². The van der Waals surface area contributed by atoms with E-state index in [1.807, 2.05) is 25.3 Å². The standard InChI is InChI=1S/C19H22Cl2N2O3/c1-5-23-12(2)8-15(13(23)3)19(25)26-11-18(24)22(4)10-14-6-7-16(20)17(21)9-14/h6-9H,5,10-11H2,1-4H3. The maximum absolute atomic E-state index is 12.3. The highest BCUT2D eigenvalue weighted by Gasteiger charge is 2.18. The molecule has 0 aliphatic carbocycles. The fourth-order valence-electron chi connectivity index (χ4n) is 2.81. The minimum Gasteiger partial charge on any atom is -0.452 e. The Hall–Kier alpha value is -1.98. The molecule has 2 aromatic rings. The number of amides is 1. The van der Waals surface area contributed by atoms with Crippen molar-refractivity contribution in [3.63, 3.8) is 0 Å². The molecule has 1 heterocycles. The van der Waals surface area contributed by atoms with Crippen molar-refractivity contribution in [3.8, 4) is 0 Å². The molecule has 140 valence electrons. The Balaban J connectivity index is 1.95. The maximum atomic E-state index is 12.3. The van der Waals surface area contributed by atoms with E-state index in [0.29, 0.717) is 22.2 Å². The molecular formula is C19H22Cl2N2O3. The Morgan fingerprint density at radius 2 is 1.85 bits per heavy atom. The van der Waals surface area contributed by atoms with E-state index in [1.165, 1.54) is 4.90 Å². The number of esters is 1. The molecule has 0 atom stereocenters. The van der Waals surface area contributed by atoms with Crippen molar-refractivity contribution >= 4 is 35.1 Å². The summed E-state index contributed by atoms with van der Waals surface area (Å²) in [6, 6.07) is 6.97. The number of nitrogens with zero attached hydrogens (tertiary/aromatic N) is 2. The van der Waals surface area contributed by atoms with Crippen molar-refractivity contribution in [2.75, 3.05) is 13.7 Å². The zero-order valence-electron chi connectivity index (χ0n) is 15.3. The minimum absolute atomic E-state index is 0.297. The van der Waals surface area contributed by atoms with Crippen molar-refractivity contribution < 1.29 is 14.3 Å². The van der Waals surface area contributed by atoms with E-state index in [4.69, 9.17) is 27.9 Å². The highest BCUT2D eigenvalue weighted by molar-refractivity contribution is 6.42. The number of aromatic nitrogens is 1. The van der Waals surface area contributed by atoms with E-state index < -0.39 is 5.97 Å².